The highest BCUT2D eigenvalue weighted by Crippen LogP contribution is 2.15. The molecule has 0 aromatic rings. The Morgan fingerprint density at radius 2 is 0.544 bits per heavy atom. The summed E-state index contributed by atoms with van der Waals surface area (Å²) in [5, 5.41) is 0. The number of hydrogen-bond donors (Lipinski definition) is 0. The van der Waals surface area contributed by atoms with Crippen molar-refractivity contribution in [1.29, 1.82) is 0 Å². The van der Waals surface area contributed by atoms with Crippen molar-refractivity contribution in [2.75, 3.05) is 13.2 Å². The van der Waals surface area contributed by atoms with Gasteiger partial charge in [0, 0.05) is 19.3 Å². The molecule has 0 aliphatic heterocycles. The first-order valence-electron chi connectivity index (χ1n) is 29.3. The van der Waals surface area contributed by atoms with E-state index in [1.54, 1.807) is 0 Å². The second-order valence-corrected chi connectivity index (χ2v) is 19.6. The predicted octanol–water partition coefficient (Wildman–Crippen LogP) is 19.6. The zero-order valence-electron chi connectivity index (χ0n) is 45.1. The van der Waals surface area contributed by atoms with Gasteiger partial charge in [0.25, 0.3) is 0 Å². The number of rotatable bonds is 53. The molecule has 6 heteroatoms. The van der Waals surface area contributed by atoms with Crippen LogP contribution in [0.4, 0.5) is 0 Å². The van der Waals surface area contributed by atoms with Crippen LogP contribution >= 0.6 is 0 Å². The number of unbranched alkanes of at least 4 members (excludes halogenated alkanes) is 34. The first kappa shape index (κ1) is 65.1. The van der Waals surface area contributed by atoms with Gasteiger partial charge >= 0.3 is 17.9 Å². The fourth-order valence-corrected chi connectivity index (χ4v) is 8.32. The number of carbonyl (C=O) groups is 3. The van der Waals surface area contributed by atoms with E-state index in [-0.39, 0.29) is 31.1 Å². The average molecular weight is 952 g/mol. The number of hydrogen-bond acceptors (Lipinski definition) is 6. The van der Waals surface area contributed by atoms with Gasteiger partial charge in [0.1, 0.15) is 13.2 Å². The van der Waals surface area contributed by atoms with E-state index < -0.39 is 6.10 Å². The first-order valence-corrected chi connectivity index (χ1v) is 29.3. The Morgan fingerprint density at radius 3 is 0.868 bits per heavy atom. The van der Waals surface area contributed by atoms with E-state index in [0.717, 1.165) is 103 Å². The van der Waals surface area contributed by atoms with Crippen molar-refractivity contribution in [1.82, 2.24) is 0 Å². The molecule has 0 rings (SSSR count). The highest BCUT2D eigenvalue weighted by Gasteiger charge is 2.19. The lowest BCUT2D eigenvalue weighted by atomic mass is 10.1. The van der Waals surface area contributed by atoms with E-state index in [2.05, 4.69) is 81.5 Å². The molecule has 0 N–H and O–H groups in total. The van der Waals surface area contributed by atoms with Crippen LogP contribution in [-0.4, -0.2) is 37.2 Å². The highest BCUT2D eigenvalue weighted by molar-refractivity contribution is 5.71. The molecule has 68 heavy (non-hydrogen) atoms. The van der Waals surface area contributed by atoms with Crippen molar-refractivity contribution in [3.63, 3.8) is 0 Å². The molecule has 0 heterocycles. The largest absolute Gasteiger partial charge is 0.462 e. The molecule has 6 nitrogen and oxygen atoms in total. The molecule has 394 valence electrons. The normalized spacial score (nSPS) is 12.5. The Balaban J connectivity index is 4.43. The van der Waals surface area contributed by atoms with Crippen LogP contribution in [0.1, 0.15) is 297 Å². The highest BCUT2D eigenvalue weighted by atomic mass is 16.6. The quantitative estimate of drug-likeness (QED) is 0.0199. The fraction of sp³-hybridized carbons (Fsp3) is 0.790. The van der Waals surface area contributed by atoms with Gasteiger partial charge in [-0.05, 0) is 96.3 Å². The molecule has 0 amide bonds. The number of esters is 3. The van der Waals surface area contributed by atoms with E-state index in [0.29, 0.717) is 19.3 Å². The molecule has 1 atom stereocenters. The molecule has 1 unspecified atom stereocenters. The van der Waals surface area contributed by atoms with Gasteiger partial charge in [0.15, 0.2) is 6.10 Å². The van der Waals surface area contributed by atoms with Gasteiger partial charge in [0.05, 0.1) is 0 Å². The standard InChI is InChI=1S/C62H110O6/c1-4-7-10-13-16-19-22-25-28-30-32-34-37-40-43-46-49-52-55-61(64)67-58-59(57-66-60(63)54-51-48-45-42-39-36-27-24-21-18-15-12-9-6-3)68-62(65)56-53-50-47-44-41-38-35-33-31-29-26-23-20-17-14-11-8-5-2/h22,25,28,30,32-36,39,59H,4-21,23-24,26-27,29,31,37-38,40-58H2,1-3H3/b25-22-,30-28-,34-32-,35-33-,39-36-. The van der Waals surface area contributed by atoms with E-state index in [4.69, 9.17) is 14.2 Å². The smallest absolute Gasteiger partial charge is 0.306 e. The molecule has 0 aromatic heterocycles. The third kappa shape index (κ3) is 54.1. The molecule has 0 saturated carbocycles. The van der Waals surface area contributed by atoms with Crippen molar-refractivity contribution >= 4 is 17.9 Å². The lowest BCUT2D eigenvalue weighted by Gasteiger charge is -2.18. The third-order valence-corrected chi connectivity index (χ3v) is 12.8. The maximum absolute atomic E-state index is 12.9. The van der Waals surface area contributed by atoms with Crippen molar-refractivity contribution in [2.24, 2.45) is 0 Å². The van der Waals surface area contributed by atoms with Crippen LogP contribution in [0, 0.1) is 0 Å². The summed E-state index contributed by atoms with van der Waals surface area (Å²) in [7, 11) is 0. The molecule has 0 aromatic carbocycles. The van der Waals surface area contributed by atoms with Gasteiger partial charge in [-0.2, -0.15) is 0 Å². The molecule has 0 aliphatic carbocycles. The Morgan fingerprint density at radius 1 is 0.294 bits per heavy atom. The molecule has 0 saturated heterocycles. The summed E-state index contributed by atoms with van der Waals surface area (Å²) in [5.74, 6) is -0.923. The van der Waals surface area contributed by atoms with Crippen molar-refractivity contribution in [3.8, 4) is 0 Å². The summed E-state index contributed by atoms with van der Waals surface area (Å²) in [6.07, 6.45) is 70.7. The SMILES string of the molecule is CCCCCCC\C=C/C=C\C=C/CCCCCCCC(=O)OCC(COC(=O)CCCCC/C=C\CCCCCCCCC)OC(=O)CCCCCCC/C=C\CCCCCCCCCCC. The van der Waals surface area contributed by atoms with Crippen LogP contribution in [0.3, 0.4) is 0 Å². The Labute approximate surface area is 421 Å². The Bertz CT molecular complexity index is 1230. The summed E-state index contributed by atoms with van der Waals surface area (Å²) in [4.78, 5) is 38.2. The van der Waals surface area contributed by atoms with Crippen molar-refractivity contribution in [3.05, 3.63) is 60.8 Å². The Hall–Kier alpha value is -2.89. The molecular formula is C62H110O6. The zero-order valence-corrected chi connectivity index (χ0v) is 45.1. The minimum Gasteiger partial charge on any atom is -0.462 e. The molecule has 0 bridgehead atoms. The lowest BCUT2D eigenvalue weighted by molar-refractivity contribution is -0.167. The zero-order chi connectivity index (χ0) is 49.3. The van der Waals surface area contributed by atoms with Gasteiger partial charge in [-0.3, -0.25) is 14.4 Å². The summed E-state index contributed by atoms with van der Waals surface area (Å²) < 4.78 is 16.8. The first-order chi connectivity index (χ1) is 33.5. The minimum atomic E-state index is -0.793. The fourth-order valence-electron chi connectivity index (χ4n) is 8.32. The maximum atomic E-state index is 12.9. The second kappa shape index (κ2) is 56.7. The summed E-state index contributed by atoms with van der Waals surface area (Å²) in [5.41, 5.74) is 0. The van der Waals surface area contributed by atoms with Crippen molar-refractivity contribution < 1.29 is 28.6 Å². The van der Waals surface area contributed by atoms with Crippen LogP contribution in [-0.2, 0) is 28.6 Å². The van der Waals surface area contributed by atoms with E-state index >= 15 is 0 Å². The predicted molar refractivity (Wildman–Crippen MR) is 293 cm³/mol. The van der Waals surface area contributed by atoms with Gasteiger partial charge in [-0.1, -0.05) is 242 Å². The molecule has 0 aliphatic rings. The summed E-state index contributed by atoms with van der Waals surface area (Å²) in [6.45, 7) is 6.61. The van der Waals surface area contributed by atoms with E-state index in [9.17, 15) is 14.4 Å². The minimum absolute atomic E-state index is 0.0913. The molecule has 0 fully saturated rings. The van der Waals surface area contributed by atoms with Crippen LogP contribution in [0.15, 0.2) is 60.8 Å². The number of carbonyl (C=O) groups excluding carboxylic acids is 3. The van der Waals surface area contributed by atoms with Crippen LogP contribution in [0.25, 0.3) is 0 Å². The van der Waals surface area contributed by atoms with Gasteiger partial charge in [0.2, 0.25) is 0 Å². The van der Waals surface area contributed by atoms with Crippen molar-refractivity contribution in [2.45, 2.75) is 303 Å². The van der Waals surface area contributed by atoms with Gasteiger partial charge in [-0.15, -0.1) is 0 Å². The number of allylic oxidation sites excluding steroid dienone is 10. The summed E-state index contributed by atoms with van der Waals surface area (Å²) in [6, 6.07) is 0. The topological polar surface area (TPSA) is 78.9 Å². The molecular weight excluding hydrogens is 841 g/mol. The average Bonchev–Trinajstić information content (AvgIpc) is 3.34. The van der Waals surface area contributed by atoms with Gasteiger partial charge < -0.3 is 14.2 Å². The lowest BCUT2D eigenvalue weighted by Crippen LogP contribution is -2.30. The van der Waals surface area contributed by atoms with Crippen LogP contribution in [0.2, 0.25) is 0 Å². The third-order valence-electron chi connectivity index (χ3n) is 12.8. The van der Waals surface area contributed by atoms with Crippen LogP contribution < -0.4 is 0 Å². The maximum Gasteiger partial charge on any atom is 0.306 e. The van der Waals surface area contributed by atoms with Gasteiger partial charge in [-0.25, -0.2) is 0 Å². The van der Waals surface area contributed by atoms with E-state index in [1.807, 2.05) is 0 Å². The Kier molecular flexibility index (Phi) is 54.3. The van der Waals surface area contributed by atoms with E-state index in [1.165, 1.54) is 154 Å². The number of ether oxygens (including phenoxy) is 3. The summed E-state index contributed by atoms with van der Waals surface area (Å²) >= 11 is 0. The molecule has 0 radical (unpaired) electrons. The monoisotopic (exact) mass is 951 g/mol. The molecule has 0 spiro atoms. The second-order valence-electron chi connectivity index (χ2n) is 19.6. The van der Waals surface area contributed by atoms with Crippen LogP contribution in [0.5, 0.6) is 0 Å².